The fourth-order valence-corrected chi connectivity index (χ4v) is 10.0. The van der Waals surface area contributed by atoms with Crippen LogP contribution < -0.4 is 15.7 Å². The minimum absolute atomic E-state index is 0.0239. The molecule has 5 heteroatoms. The molecule has 2 saturated heterocycles. The summed E-state index contributed by atoms with van der Waals surface area (Å²) in [4.78, 5) is 12.4. The molecule has 3 aromatic rings. The number of esters is 1. The largest absolute Gasteiger partial charge is 0.457 e. The Balaban J connectivity index is 1.57. The van der Waals surface area contributed by atoms with E-state index in [4.69, 9.17) is 9.16 Å². The van der Waals surface area contributed by atoms with Crippen molar-refractivity contribution in [3.63, 3.8) is 0 Å². The maximum absolute atomic E-state index is 12.4. The molecule has 35 heavy (non-hydrogen) atoms. The van der Waals surface area contributed by atoms with Gasteiger partial charge in [-0.05, 0) is 27.4 Å². The first-order valence-electron chi connectivity index (χ1n) is 12.4. The van der Waals surface area contributed by atoms with E-state index in [1.807, 2.05) is 30.3 Å². The van der Waals surface area contributed by atoms with Gasteiger partial charge in [-0.15, -0.1) is 0 Å². The van der Waals surface area contributed by atoms with Gasteiger partial charge in [-0.25, -0.2) is 0 Å². The third-order valence-corrected chi connectivity index (χ3v) is 12.1. The monoisotopic (exact) mass is 483 g/mol. The maximum Gasteiger partial charge on any atom is 0.325 e. The van der Waals surface area contributed by atoms with Crippen molar-refractivity contribution in [3.05, 3.63) is 103 Å². The molecule has 5 rings (SSSR count). The number of fused-ring (bicyclic) bond motifs is 1. The first kappa shape index (κ1) is 23.7. The third-order valence-electron chi connectivity index (χ3n) is 7.07. The Hall–Kier alpha value is -2.99. The number of carbonyl (C=O) groups is 1. The molecule has 0 aliphatic carbocycles. The Morgan fingerprint density at radius 3 is 1.91 bits per heavy atom. The zero-order chi connectivity index (χ0) is 24.5. The van der Waals surface area contributed by atoms with Gasteiger partial charge in [0.2, 0.25) is 0 Å². The Labute approximate surface area is 209 Å². The van der Waals surface area contributed by atoms with Gasteiger partial charge in [0.1, 0.15) is 12.1 Å². The quantitative estimate of drug-likeness (QED) is 0.295. The fourth-order valence-electron chi connectivity index (χ4n) is 5.31. The van der Waals surface area contributed by atoms with E-state index in [1.165, 1.54) is 10.4 Å². The Kier molecular flexibility index (Phi) is 6.49. The number of cyclic esters (lactones) is 1. The van der Waals surface area contributed by atoms with Gasteiger partial charge in [-0.3, -0.25) is 10.1 Å². The summed E-state index contributed by atoms with van der Waals surface area (Å²) < 4.78 is 13.3. The van der Waals surface area contributed by atoms with Crippen LogP contribution in [0, 0.1) is 0 Å². The van der Waals surface area contributed by atoms with E-state index < -0.39 is 8.32 Å². The highest BCUT2D eigenvalue weighted by atomic mass is 28.4. The van der Waals surface area contributed by atoms with Gasteiger partial charge in [0.25, 0.3) is 8.32 Å². The molecule has 2 heterocycles. The van der Waals surface area contributed by atoms with Crippen LogP contribution in [0.1, 0.15) is 32.8 Å². The van der Waals surface area contributed by atoms with Crippen molar-refractivity contribution in [1.82, 2.24) is 5.32 Å². The normalized spacial score (nSPS) is 22.6. The van der Waals surface area contributed by atoms with E-state index >= 15 is 0 Å². The molecule has 0 spiro atoms. The van der Waals surface area contributed by atoms with Crippen molar-refractivity contribution in [2.24, 2.45) is 0 Å². The van der Waals surface area contributed by atoms with Crippen molar-refractivity contribution in [2.45, 2.75) is 56.5 Å². The molecule has 0 radical (unpaired) electrons. The summed E-state index contributed by atoms with van der Waals surface area (Å²) in [5.41, 5.74) is 1.14. The topological polar surface area (TPSA) is 57.5 Å². The van der Waals surface area contributed by atoms with E-state index in [0.29, 0.717) is 6.42 Å². The standard InChI is InChI=1S/C30H33NO3Si/c1-30(2,3)35(23-17-9-5-10-18-23,24-19-11-6-12-20-24)34-25(28-26-27(31-26)29(32)33-28)21-13-16-22-14-7-4-8-15-22/h4-20,25-28,31H,21H2,1-3H3/b16-13+/t25-,26-,27+,28+/m0/s1. The van der Waals surface area contributed by atoms with Crippen molar-refractivity contribution in [1.29, 1.82) is 0 Å². The summed E-state index contributed by atoms with van der Waals surface area (Å²) in [6.45, 7) is 6.82. The van der Waals surface area contributed by atoms with Gasteiger partial charge in [-0.1, -0.05) is 124 Å². The molecule has 2 fully saturated rings. The summed E-state index contributed by atoms with van der Waals surface area (Å²) in [7, 11) is -2.80. The molecular weight excluding hydrogens is 450 g/mol. The predicted octanol–water partition coefficient (Wildman–Crippen LogP) is 4.30. The van der Waals surface area contributed by atoms with E-state index in [9.17, 15) is 4.79 Å². The predicted molar refractivity (Wildman–Crippen MR) is 143 cm³/mol. The summed E-state index contributed by atoms with van der Waals surface area (Å²) in [6.07, 6.45) is 4.35. The van der Waals surface area contributed by atoms with Crippen LogP contribution in [0.5, 0.6) is 0 Å². The molecule has 0 bridgehead atoms. The Bertz CT molecular complexity index is 1130. The fraction of sp³-hybridized carbons (Fsp3) is 0.300. The Morgan fingerprint density at radius 1 is 0.914 bits per heavy atom. The van der Waals surface area contributed by atoms with Crippen molar-refractivity contribution in [3.8, 4) is 0 Å². The van der Waals surface area contributed by atoms with Crippen LogP contribution in [0.3, 0.4) is 0 Å². The lowest BCUT2D eigenvalue weighted by molar-refractivity contribution is -0.147. The number of rotatable bonds is 8. The van der Waals surface area contributed by atoms with Crippen molar-refractivity contribution < 1.29 is 14.0 Å². The molecule has 0 amide bonds. The number of nitrogens with one attached hydrogen (secondary N) is 1. The van der Waals surface area contributed by atoms with E-state index in [-0.39, 0.29) is 35.3 Å². The lowest BCUT2D eigenvalue weighted by Gasteiger charge is -2.46. The smallest absolute Gasteiger partial charge is 0.325 e. The average Bonchev–Trinajstić information content (AvgIpc) is 3.60. The first-order valence-corrected chi connectivity index (χ1v) is 14.3. The van der Waals surface area contributed by atoms with Crippen LogP contribution >= 0.6 is 0 Å². The number of carbonyl (C=O) groups excluding carboxylic acids is 1. The SMILES string of the molecule is CC(C)(C)[Si](O[C@@H](C/C=C/c1ccccc1)[C@H]1OC(=O)[C@@H]2N[C@H]12)(c1ccccc1)c1ccccc1. The maximum atomic E-state index is 12.4. The second kappa shape index (κ2) is 9.57. The number of morpholine rings is 1. The van der Waals surface area contributed by atoms with E-state index in [2.05, 4.69) is 98.9 Å². The van der Waals surface area contributed by atoms with E-state index in [1.54, 1.807) is 0 Å². The molecule has 0 unspecified atom stereocenters. The minimum atomic E-state index is -2.80. The highest BCUT2D eigenvalue weighted by Gasteiger charge is 2.61. The molecule has 1 N–H and O–H groups in total. The van der Waals surface area contributed by atoms with Crippen LogP contribution in [0.15, 0.2) is 97.1 Å². The number of ether oxygens (including phenoxy) is 1. The zero-order valence-corrected chi connectivity index (χ0v) is 21.6. The van der Waals surface area contributed by atoms with Crippen molar-refractivity contribution >= 4 is 30.7 Å². The van der Waals surface area contributed by atoms with Crippen LogP contribution in [0.2, 0.25) is 5.04 Å². The lowest BCUT2D eigenvalue weighted by atomic mass is 10.1. The lowest BCUT2D eigenvalue weighted by Crippen LogP contribution is -2.68. The Morgan fingerprint density at radius 2 is 1.46 bits per heavy atom. The van der Waals surface area contributed by atoms with E-state index in [0.717, 1.165) is 5.56 Å². The summed E-state index contributed by atoms with van der Waals surface area (Å²) in [5, 5.41) is 5.59. The van der Waals surface area contributed by atoms with Gasteiger partial charge in [-0.2, -0.15) is 0 Å². The number of hydrogen-bond donors (Lipinski definition) is 1. The van der Waals surface area contributed by atoms with Crippen molar-refractivity contribution in [2.75, 3.05) is 0 Å². The second-order valence-corrected chi connectivity index (χ2v) is 14.7. The molecule has 2 aliphatic rings. The molecular formula is C30H33NO3Si. The highest BCUT2D eigenvalue weighted by molar-refractivity contribution is 6.99. The van der Waals surface area contributed by atoms with Crippen LogP contribution in [0.25, 0.3) is 6.08 Å². The molecule has 0 aromatic heterocycles. The zero-order valence-electron chi connectivity index (χ0n) is 20.6. The van der Waals surface area contributed by atoms with Crippen LogP contribution in [0.4, 0.5) is 0 Å². The molecule has 4 atom stereocenters. The van der Waals surface area contributed by atoms with Gasteiger partial charge < -0.3 is 9.16 Å². The molecule has 180 valence electrons. The first-order chi connectivity index (χ1) is 16.9. The van der Waals surface area contributed by atoms with Gasteiger partial charge in [0.05, 0.1) is 12.1 Å². The number of hydrogen-bond acceptors (Lipinski definition) is 4. The van der Waals surface area contributed by atoms with Gasteiger partial charge >= 0.3 is 5.97 Å². The van der Waals surface area contributed by atoms with Crippen LogP contribution in [-0.4, -0.2) is 38.6 Å². The summed E-state index contributed by atoms with van der Waals surface area (Å²) in [5.74, 6) is -0.164. The third kappa shape index (κ3) is 4.64. The molecule has 4 nitrogen and oxygen atoms in total. The second-order valence-electron chi connectivity index (χ2n) is 10.4. The van der Waals surface area contributed by atoms with Gasteiger partial charge in [0, 0.05) is 0 Å². The molecule has 3 aromatic carbocycles. The number of benzene rings is 3. The summed E-state index contributed by atoms with van der Waals surface area (Å²) in [6, 6.07) is 31.3. The molecule has 2 aliphatic heterocycles. The highest BCUT2D eigenvalue weighted by Crippen LogP contribution is 2.40. The summed E-state index contributed by atoms with van der Waals surface area (Å²) >= 11 is 0. The molecule has 0 saturated carbocycles. The average molecular weight is 484 g/mol. The van der Waals surface area contributed by atoms with Gasteiger partial charge in [0.15, 0.2) is 0 Å². The van der Waals surface area contributed by atoms with Crippen LogP contribution in [-0.2, 0) is 14.0 Å². The minimum Gasteiger partial charge on any atom is -0.457 e.